The molecule has 33 heavy (non-hydrogen) atoms. The molecule has 0 radical (unpaired) electrons. The largest absolute Gasteiger partial charge is 0.303 e. The number of piperidine rings is 1. The van der Waals surface area contributed by atoms with E-state index in [0.29, 0.717) is 12.1 Å². The highest BCUT2D eigenvalue weighted by molar-refractivity contribution is 7.98. The molecule has 178 valence electrons. The molecule has 0 aromatic heterocycles. The van der Waals surface area contributed by atoms with Crippen LogP contribution in [0, 0.1) is 0 Å². The average molecular weight is 467 g/mol. The zero-order valence-electron chi connectivity index (χ0n) is 20.2. The Bertz CT molecular complexity index is 878. The van der Waals surface area contributed by atoms with Crippen molar-refractivity contribution in [3.8, 4) is 0 Å². The Balaban J connectivity index is 1.61. The van der Waals surface area contributed by atoms with E-state index in [4.69, 9.17) is 0 Å². The molecule has 0 saturated carbocycles. The molecule has 1 unspecified atom stereocenters. The molecule has 3 rings (SSSR count). The van der Waals surface area contributed by atoms with Gasteiger partial charge in [0.25, 0.3) is 0 Å². The van der Waals surface area contributed by atoms with Crippen LogP contribution in [0.4, 0.5) is 0 Å². The van der Waals surface area contributed by atoms with Gasteiger partial charge < -0.3 is 9.69 Å². The van der Waals surface area contributed by atoms with Gasteiger partial charge in [-0.1, -0.05) is 56.2 Å². The van der Waals surface area contributed by atoms with Gasteiger partial charge in [-0.25, -0.2) is 0 Å². The summed E-state index contributed by atoms with van der Waals surface area (Å²) in [6, 6.07) is 14.8. The summed E-state index contributed by atoms with van der Waals surface area (Å²) in [5, 5.41) is 0. The Labute approximate surface area is 203 Å². The molecule has 2 aromatic carbocycles. The van der Waals surface area contributed by atoms with Crippen LogP contribution in [-0.2, 0) is 23.5 Å². The number of nitrogens with zero attached hydrogens (tertiary/aromatic N) is 2. The van der Waals surface area contributed by atoms with E-state index < -0.39 is 0 Å². The average Bonchev–Trinajstić information content (AvgIpc) is 2.86. The Morgan fingerprint density at radius 2 is 1.76 bits per heavy atom. The first-order valence-corrected chi connectivity index (χ1v) is 13.3. The number of thioether (sulfide) groups is 1. The molecule has 1 atom stereocenters. The predicted molar refractivity (Wildman–Crippen MR) is 138 cm³/mol. The third-order valence-electron chi connectivity index (χ3n) is 6.59. The minimum Gasteiger partial charge on any atom is -0.303 e. The fraction of sp³-hybridized carbons (Fsp3) is 0.500. The van der Waals surface area contributed by atoms with Crippen molar-refractivity contribution in [3.05, 3.63) is 64.7 Å². The lowest BCUT2D eigenvalue weighted by Gasteiger charge is -2.26. The van der Waals surface area contributed by atoms with Gasteiger partial charge in [-0.05, 0) is 68.6 Å². The van der Waals surface area contributed by atoms with E-state index in [0.717, 1.165) is 54.6 Å². The number of likely N-dealkylation sites (tertiary alicyclic amines) is 1. The molecule has 1 aliphatic rings. The van der Waals surface area contributed by atoms with Gasteiger partial charge in [0.15, 0.2) is 0 Å². The molecule has 2 aromatic rings. The molecule has 0 spiro atoms. The molecule has 1 heterocycles. The van der Waals surface area contributed by atoms with Crippen LogP contribution in [-0.4, -0.2) is 55.1 Å². The van der Waals surface area contributed by atoms with Gasteiger partial charge in [0.05, 0.1) is 6.04 Å². The number of hydrogen-bond acceptors (Lipinski definition) is 5. The van der Waals surface area contributed by atoms with Crippen molar-refractivity contribution >= 4 is 24.3 Å². The third kappa shape index (κ3) is 7.80. The lowest BCUT2D eigenvalue weighted by atomic mass is 10.1. The molecule has 1 aliphatic heterocycles. The number of aldehydes is 2. The minimum atomic E-state index is -0.120. The Morgan fingerprint density at radius 1 is 1.03 bits per heavy atom. The zero-order valence-corrected chi connectivity index (χ0v) is 21.0. The SMILES string of the molecule is CCCC(C=O)N(C)Cc1c(C=O)cccc1SCc1ccc(CCN2CCCCC2)cc1. The van der Waals surface area contributed by atoms with Crippen LogP contribution < -0.4 is 0 Å². The highest BCUT2D eigenvalue weighted by Gasteiger charge is 2.17. The Morgan fingerprint density at radius 3 is 2.42 bits per heavy atom. The predicted octanol–water partition coefficient (Wildman–Crippen LogP) is 5.62. The second-order valence-corrected chi connectivity index (χ2v) is 10.1. The molecule has 4 nitrogen and oxygen atoms in total. The molecule has 0 N–H and O–H groups in total. The van der Waals surface area contributed by atoms with Gasteiger partial charge >= 0.3 is 0 Å². The second-order valence-electron chi connectivity index (χ2n) is 9.11. The van der Waals surface area contributed by atoms with Crippen molar-refractivity contribution in [2.24, 2.45) is 0 Å². The summed E-state index contributed by atoms with van der Waals surface area (Å²) in [5.41, 5.74) is 4.41. The van der Waals surface area contributed by atoms with Crippen LogP contribution in [0.2, 0.25) is 0 Å². The molecule has 5 heteroatoms. The summed E-state index contributed by atoms with van der Waals surface area (Å²) in [6.45, 7) is 6.33. The van der Waals surface area contributed by atoms with E-state index >= 15 is 0 Å². The van der Waals surface area contributed by atoms with E-state index in [1.807, 2.05) is 19.2 Å². The van der Waals surface area contributed by atoms with Crippen LogP contribution in [0.1, 0.15) is 66.1 Å². The normalized spacial score (nSPS) is 15.5. The number of hydrogen-bond donors (Lipinski definition) is 0. The maximum Gasteiger partial charge on any atom is 0.150 e. The number of carbonyl (C=O) groups is 2. The number of rotatable bonds is 13. The van der Waals surface area contributed by atoms with E-state index in [2.05, 4.69) is 47.1 Å². The van der Waals surface area contributed by atoms with E-state index in [1.54, 1.807) is 11.8 Å². The maximum absolute atomic E-state index is 11.7. The molecule has 1 saturated heterocycles. The fourth-order valence-corrected chi connectivity index (χ4v) is 5.53. The van der Waals surface area contributed by atoms with Crippen molar-refractivity contribution in [1.29, 1.82) is 0 Å². The minimum absolute atomic E-state index is 0.120. The molecule has 0 amide bonds. The van der Waals surface area contributed by atoms with Crippen molar-refractivity contribution in [3.63, 3.8) is 0 Å². The molecule has 1 fully saturated rings. The quantitative estimate of drug-likeness (QED) is 0.283. The van der Waals surface area contributed by atoms with Gasteiger partial charge in [-0.2, -0.15) is 0 Å². The van der Waals surface area contributed by atoms with Crippen LogP contribution in [0.25, 0.3) is 0 Å². The maximum atomic E-state index is 11.7. The zero-order chi connectivity index (χ0) is 23.5. The third-order valence-corrected chi connectivity index (χ3v) is 7.77. The summed E-state index contributed by atoms with van der Waals surface area (Å²) in [7, 11) is 1.97. The number of likely N-dealkylation sites (N-methyl/N-ethyl adjacent to an activating group) is 1. The summed E-state index contributed by atoms with van der Waals surface area (Å²) in [6.07, 6.45) is 8.91. The molecular weight excluding hydrogens is 428 g/mol. The molecular formula is C28H38N2O2S. The standard InChI is InChI=1S/C28H38N2O2S/c1-3-8-26(21-32)29(2)19-27-25(20-31)9-7-10-28(27)33-22-24-13-11-23(12-14-24)15-18-30-16-5-4-6-17-30/h7,9-14,20-21,26H,3-6,8,15-19,22H2,1-2H3. The monoisotopic (exact) mass is 466 g/mol. The highest BCUT2D eigenvalue weighted by atomic mass is 32.2. The van der Waals surface area contributed by atoms with Crippen LogP contribution in [0.3, 0.4) is 0 Å². The topological polar surface area (TPSA) is 40.6 Å². The van der Waals surface area contributed by atoms with Crippen molar-refractivity contribution in [2.45, 2.75) is 68.7 Å². The first-order valence-electron chi connectivity index (χ1n) is 12.3. The number of carbonyl (C=O) groups excluding carboxylic acids is 2. The first kappa shape index (κ1) is 25.7. The summed E-state index contributed by atoms with van der Waals surface area (Å²) in [5.74, 6) is 0.859. The van der Waals surface area contributed by atoms with Crippen molar-refractivity contribution in [1.82, 2.24) is 9.80 Å². The van der Waals surface area contributed by atoms with Gasteiger partial charge in [-0.3, -0.25) is 9.69 Å². The second kappa shape index (κ2) is 13.7. The first-order chi connectivity index (χ1) is 16.1. The molecule has 0 bridgehead atoms. The summed E-state index contributed by atoms with van der Waals surface area (Å²) in [4.78, 5) is 29.0. The van der Waals surface area contributed by atoms with E-state index in [-0.39, 0.29) is 6.04 Å². The highest BCUT2D eigenvalue weighted by Crippen LogP contribution is 2.29. The van der Waals surface area contributed by atoms with Gasteiger partial charge in [-0.15, -0.1) is 11.8 Å². The summed E-state index contributed by atoms with van der Waals surface area (Å²) >= 11 is 1.76. The van der Waals surface area contributed by atoms with Crippen LogP contribution in [0.15, 0.2) is 47.4 Å². The Kier molecular flexibility index (Phi) is 10.6. The smallest absolute Gasteiger partial charge is 0.150 e. The van der Waals surface area contributed by atoms with Crippen LogP contribution >= 0.6 is 11.8 Å². The van der Waals surface area contributed by atoms with E-state index in [9.17, 15) is 9.59 Å². The Hall–Kier alpha value is -1.95. The lowest BCUT2D eigenvalue weighted by molar-refractivity contribution is -0.112. The van der Waals surface area contributed by atoms with Gasteiger partial charge in [0.2, 0.25) is 0 Å². The van der Waals surface area contributed by atoms with Crippen molar-refractivity contribution in [2.75, 3.05) is 26.7 Å². The van der Waals surface area contributed by atoms with E-state index in [1.165, 1.54) is 43.5 Å². The van der Waals surface area contributed by atoms with Gasteiger partial charge in [0.1, 0.15) is 12.6 Å². The fourth-order valence-electron chi connectivity index (χ4n) is 4.49. The van der Waals surface area contributed by atoms with Crippen LogP contribution in [0.5, 0.6) is 0 Å². The number of benzene rings is 2. The lowest BCUT2D eigenvalue weighted by Crippen LogP contribution is -2.32. The summed E-state index contributed by atoms with van der Waals surface area (Å²) < 4.78 is 0. The van der Waals surface area contributed by atoms with Gasteiger partial charge in [0, 0.05) is 29.3 Å². The molecule has 0 aliphatic carbocycles. The van der Waals surface area contributed by atoms with Crippen molar-refractivity contribution < 1.29 is 9.59 Å².